The van der Waals surface area contributed by atoms with Crippen LogP contribution in [0.3, 0.4) is 0 Å². The van der Waals surface area contributed by atoms with Gasteiger partial charge in [-0.05, 0) is 24.6 Å². The Morgan fingerprint density at radius 1 is 1.42 bits per heavy atom. The van der Waals surface area contributed by atoms with Crippen LogP contribution in [-0.4, -0.2) is 39.9 Å². The molecule has 1 aliphatic rings. The fourth-order valence-electron chi connectivity index (χ4n) is 2.34. The zero-order chi connectivity index (χ0) is 16.8. The molecule has 8 heteroatoms. The number of aromatic nitrogens is 2. The van der Waals surface area contributed by atoms with Gasteiger partial charge in [0.2, 0.25) is 11.8 Å². The molecule has 7 nitrogen and oxygen atoms in total. The van der Waals surface area contributed by atoms with Crippen LogP contribution in [-0.2, 0) is 11.3 Å². The van der Waals surface area contributed by atoms with Crippen molar-refractivity contribution in [2.45, 2.75) is 24.6 Å². The third kappa shape index (κ3) is 4.26. The van der Waals surface area contributed by atoms with Crippen LogP contribution in [0.2, 0.25) is 0 Å². The van der Waals surface area contributed by atoms with Gasteiger partial charge in [-0.1, -0.05) is 17.8 Å². The SMILES string of the molecule is N#Cc1cccc(OCCSc2nnc(CN3CCCC3=O)o2)c1. The highest BCUT2D eigenvalue weighted by Crippen LogP contribution is 2.19. The first-order valence-electron chi connectivity index (χ1n) is 7.60. The van der Waals surface area contributed by atoms with E-state index in [2.05, 4.69) is 16.3 Å². The summed E-state index contributed by atoms with van der Waals surface area (Å²) in [6.45, 7) is 1.59. The Kier molecular flexibility index (Phi) is 5.33. The minimum atomic E-state index is 0.135. The van der Waals surface area contributed by atoms with Crippen molar-refractivity contribution in [2.24, 2.45) is 0 Å². The largest absolute Gasteiger partial charge is 0.493 e. The van der Waals surface area contributed by atoms with Gasteiger partial charge < -0.3 is 14.1 Å². The van der Waals surface area contributed by atoms with Crippen molar-refractivity contribution < 1.29 is 13.9 Å². The molecule has 0 saturated carbocycles. The molecule has 1 amide bonds. The average Bonchev–Trinajstić information content (AvgIpc) is 3.22. The molecule has 1 aromatic heterocycles. The van der Waals surface area contributed by atoms with Crippen LogP contribution in [0.5, 0.6) is 5.75 Å². The predicted octanol–water partition coefficient (Wildman–Crippen LogP) is 2.23. The number of carbonyl (C=O) groups is 1. The van der Waals surface area contributed by atoms with Crippen molar-refractivity contribution in [1.29, 1.82) is 5.26 Å². The number of nitrogens with zero attached hydrogens (tertiary/aromatic N) is 4. The molecule has 1 aliphatic heterocycles. The van der Waals surface area contributed by atoms with Crippen LogP contribution in [0.25, 0.3) is 0 Å². The van der Waals surface area contributed by atoms with Crippen LogP contribution in [0.15, 0.2) is 33.9 Å². The number of hydrogen-bond donors (Lipinski definition) is 0. The second-order valence-corrected chi connectivity index (χ2v) is 6.26. The van der Waals surface area contributed by atoms with Gasteiger partial charge in [-0.3, -0.25) is 4.79 Å². The number of ether oxygens (including phenoxy) is 1. The second kappa shape index (κ2) is 7.84. The van der Waals surface area contributed by atoms with E-state index in [9.17, 15) is 4.79 Å². The molecule has 2 aromatic rings. The van der Waals surface area contributed by atoms with Gasteiger partial charge in [-0.15, -0.1) is 10.2 Å². The van der Waals surface area contributed by atoms with E-state index < -0.39 is 0 Å². The summed E-state index contributed by atoms with van der Waals surface area (Å²) in [7, 11) is 0. The highest BCUT2D eigenvalue weighted by molar-refractivity contribution is 7.99. The Balaban J connectivity index is 1.42. The van der Waals surface area contributed by atoms with E-state index in [0.717, 1.165) is 13.0 Å². The van der Waals surface area contributed by atoms with Gasteiger partial charge in [-0.2, -0.15) is 5.26 Å². The molecule has 24 heavy (non-hydrogen) atoms. The van der Waals surface area contributed by atoms with Gasteiger partial charge in [0.05, 0.1) is 24.8 Å². The van der Waals surface area contributed by atoms with Gasteiger partial charge in [-0.25, -0.2) is 0 Å². The third-order valence-electron chi connectivity index (χ3n) is 3.49. The van der Waals surface area contributed by atoms with E-state index in [1.54, 1.807) is 23.1 Å². The molecule has 0 radical (unpaired) electrons. The summed E-state index contributed by atoms with van der Waals surface area (Å²) in [6.07, 6.45) is 1.49. The van der Waals surface area contributed by atoms with Crippen molar-refractivity contribution in [3.8, 4) is 11.8 Å². The predicted molar refractivity (Wildman–Crippen MR) is 86.3 cm³/mol. The molecular formula is C16H16N4O3S. The number of benzene rings is 1. The minimum Gasteiger partial charge on any atom is -0.493 e. The molecule has 0 aliphatic carbocycles. The number of hydrogen-bond acceptors (Lipinski definition) is 7. The van der Waals surface area contributed by atoms with Gasteiger partial charge >= 0.3 is 0 Å². The molecule has 0 bridgehead atoms. The summed E-state index contributed by atoms with van der Waals surface area (Å²) in [4.78, 5) is 13.3. The molecular weight excluding hydrogens is 328 g/mol. The lowest BCUT2D eigenvalue weighted by Gasteiger charge is -2.11. The van der Waals surface area contributed by atoms with Gasteiger partial charge in [0.25, 0.3) is 5.22 Å². The van der Waals surface area contributed by atoms with Crippen molar-refractivity contribution in [2.75, 3.05) is 18.9 Å². The van der Waals surface area contributed by atoms with Crippen molar-refractivity contribution >= 4 is 17.7 Å². The molecule has 3 rings (SSSR count). The highest BCUT2D eigenvalue weighted by atomic mass is 32.2. The van der Waals surface area contributed by atoms with Gasteiger partial charge in [0, 0.05) is 18.7 Å². The number of rotatable bonds is 7. The lowest BCUT2D eigenvalue weighted by molar-refractivity contribution is -0.128. The lowest BCUT2D eigenvalue weighted by atomic mass is 10.2. The number of thioether (sulfide) groups is 1. The maximum absolute atomic E-state index is 11.6. The van der Waals surface area contributed by atoms with Crippen LogP contribution >= 0.6 is 11.8 Å². The third-order valence-corrected chi connectivity index (χ3v) is 4.27. The smallest absolute Gasteiger partial charge is 0.276 e. The molecule has 0 spiro atoms. The van der Waals surface area contributed by atoms with Crippen LogP contribution < -0.4 is 4.74 Å². The topological polar surface area (TPSA) is 92.2 Å². The van der Waals surface area contributed by atoms with Crippen LogP contribution in [0, 0.1) is 11.3 Å². The van der Waals surface area contributed by atoms with Gasteiger partial charge in [0.1, 0.15) is 5.75 Å². The zero-order valence-corrected chi connectivity index (χ0v) is 13.8. The normalized spacial score (nSPS) is 14.0. The summed E-state index contributed by atoms with van der Waals surface area (Å²) in [5.74, 6) is 1.89. The summed E-state index contributed by atoms with van der Waals surface area (Å²) < 4.78 is 11.1. The second-order valence-electron chi connectivity index (χ2n) is 5.22. The molecule has 1 aromatic carbocycles. The lowest BCUT2D eigenvalue weighted by Crippen LogP contribution is -2.23. The first-order valence-corrected chi connectivity index (χ1v) is 8.59. The van der Waals surface area contributed by atoms with E-state index in [1.165, 1.54) is 11.8 Å². The number of nitriles is 1. The van der Waals surface area contributed by atoms with E-state index in [0.29, 0.717) is 47.8 Å². The Labute approximate surface area is 143 Å². The van der Waals surface area contributed by atoms with Crippen molar-refractivity contribution in [3.05, 3.63) is 35.7 Å². The summed E-state index contributed by atoms with van der Waals surface area (Å²) in [5, 5.41) is 17.2. The fourth-order valence-corrected chi connectivity index (χ4v) is 2.93. The summed E-state index contributed by atoms with van der Waals surface area (Å²) >= 11 is 1.40. The molecule has 0 unspecified atom stereocenters. The average molecular weight is 344 g/mol. The van der Waals surface area contributed by atoms with Crippen molar-refractivity contribution in [1.82, 2.24) is 15.1 Å². The fraction of sp³-hybridized carbons (Fsp3) is 0.375. The molecule has 1 fully saturated rings. The highest BCUT2D eigenvalue weighted by Gasteiger charge is 2.22. The first kappa shape index (κ1) is 16.3. The Bertz CT molecular complexity index is 756. The Morgan fingerprint density at radius 2 is 2.33 bits per heavy atom. The van der Waals surface area contributed by atoms with Gasteiger partial charge in [0.15, 0.2) is 0 Å². The number of amides is 1. The quantitative estimate of drug-likeness (QED) is 0.562. The zero-order valence-electron chi connectivity index (χ0n) is 13.0. The maximum Gasteiger partial charge on any atom is 0.276 e. The molecule has 0 N–H and O–H groups in total. The summed E-state index contributed by atoms with van der Waals surface area (Å²) in [6, 6.07) is 9.09. The maximum atomic E-state index is 11.6. The van der Waals surface area contributed by atoms with Crippen LogP contribution in [0.4, 0.5) is 0 Å². The molecule has 0 atom stereocenters. The molecule has 1 saturated heterocycles. The first-order chi connectivity index (χ1) is 11.7. The van der Waals surface area contributed by atoms with E-state index in [4.69, 9.17) is 14.4 Å². The van der Waals surface area contributed by atoms with E-state index in [-0.39, 0.29) is 5.91 Å². The van der Waals surface area contributed by atoms with E-state index in [1.807, 2.05) is 6.07 Å². The monoisotopic (exact) mass is 344 g/mol. The van der Waals surface area contributed by atoms with E-state index >= 15 is 0 Å². The standard InChI is InChI=1S/C16H16N4O3S/c17-10-12-3-1-4-13(9-12)22-7-8-24-16-19-18-14(23-16)11-20-6-2-5-15(20)21/h1,3-4,9H,2,5-8,11H2. The number of carbonyl (C=O) groups excluding carboxylic acids is 1. The van der Waals surface area contributed by atoms with Crippen molar-refractivity contribution in [3.63, 3.8) is 0 Å². The number of likely N-dealkylation sites (tertiary alicyclic amines) is 1. The molecule has 2 heterocycles. The Morgan fingerprint density at radius 3 is 3.12 bits per heavy atom. The molecule has 124 valence electrons. The Hall–Kier alpha value is -2.53. The summed E-state index contributed by atoms with van der Waals surface area (Å²) in [5.41, 5.74) is 0.568. The minimum absolute atomic E-state index is 0.135. The van der Waals surface area contributed by atoms with Crippen LogP contribution in [0.1, 0.15) is 24.3 Å².